The van der Waals surface area contributed by atoms with Crippen LogP contribution in [0.15, 0.2) is 11.1 Å². The number of carboxylic acids is 1. The first-order chi connectivity index (χ1) is 5.84. The Kier molecular flexibility index (Phi) is 2.31. The highest BCUT2D eigenvalue weighted by Gasteiger charge is 2.24. The monoisotopic (exact) mass is 224 g/mol. The van der Waals surface area contributed by atoms with Gasteiger partial charge in [0.05, 0.1) is 6.20 Å². The molecule has 1 aromatic heterocycles. The summed E-state index contributed by atoms with van der Waals surface area (Å²) in [6.45, 7) is 0. The van der Waals surface area contributed by atoms with Crippen molar-refractivity contribution in [3.05, 3.63) is 11.9 Å². The van der Waals surface area contributed by atoms with Crippen molar-refractivity contribution in [3.8, 4) is 0 Å². The van der Waals surface area contributed by atoms with Crippen molar-refractivity contribution in [2.24, 2.45) is 7.05 Å². The number of halogens is 1. The van der Waals surface area contributed by atoms with E-state index >= 15 is 0 Å². The fraction of sp³-hybridized carbons (Fsp3) is 0.200. The summed E-state index contributed by atoms with van der Waals surface area (Å²) in [7, 11) is 2.24. The average molecular weight is 225 g/mol. The minimum absolute atomic E-state index is 0.449. The van der Waals surface area contributed by atoms with E-state index in [1.807, 2.05) is 0 Å². The van der Waals surface area contributed by atoms with E-state index in [1.54, 1.807) is 0 Å². The maximum atomic E-state index is 10.8. The normalized spacial score (nSPS) is 11.5. The summed E-state index contributed by atoms with van der Waals surface area (Å²) in [5.41, 5.74) is -0.449. The predicted molar refractivity (Wildman–Crippen MR) is 43.2 cm³/mol. The smallest absolute Gasteiger partial charge is 0.355 e. The highest BCUT2D eigenvalue weighted by molar-refractivity contribution is 8.13. The maximum Gasteiger partial charge on any atom is 0.355 e. The Morgan fingerprint density at radius 3 is 2.54 bits per heavy atom. The number of aromatic nitrogens is 2. The first-order valence-corrected chi connectivity index (χ1v) is 5.35. The Bertz CT molecular complexity index is 449. The van der Waals surface area contributed by atoms with Gasteiger partial charge < -0.3 is 5.11 Å². The van der Waals surface area contributed by atoms with Crippen LogP contribution >= 0.6 is 10.7 Å². The molecule has 1 aromatic rings. The summed E-state index contributed by atoms with van der Waals surface area (Å²) in [5, 5.41) is 12.1. The first-order valence-electron chi connectivity index (χ1n) is 3.04. The molecule has 0 atom stereocenters. The minimum Gasteiger partial charge on any atom is -0.476 e. The van der Waals surface area contributed by atoms with Crippen LogP contribution in [0.1, 0.15) is 10.5 Å². The third-order valence-electron chi connectivity index (χ3n) is 1.37. The van der Waals surface area contributed by atoms with Crippen molar-refractivity contribution in [2.75, 3.05) is 0 Å². The van der Waals surface area contributed by atoms with Gasteiger partial charge in [0.15, 0.2) is 5.69 Å². The number of aryl methyl sites for hydroxylation is 1. The highest BCUT2D eigenvalue weighted by Crippen LogP contribution is 2.18. The van der Waals surface area contributed by atoms with Crippen molar-refractivity contribution in [1.82, 2.24) is 9.78 Å². The van der Waals surface area contributed by atoms with Crippen LogP contribution in [-0.2, 0) is 16.1 Å². The van der Waals surface area contributed by atoms with Gasteiger partial charge in [0, 0.05) is 17.7 Å². The molecule has 8 heteroatoms. The molecule has 0 bridgehead atoms. The molecule has 0 radical (unpaired) electrons. The van der Waals surface area contributed by atoms with Crippen molar-refractivity contribution < 1.29 is 18.3 Å². The van der Waals surface area contributed by atoms with Gasteiger partial charge in [-0.05, 0) is 0 Å². The van der Waals surface area contributed by atoms with E-state index in [4.69, 9.17) is 15.8 Å². The molecule has 72 valence electrons. The Hall–Kier alpha value is -1.08. The quantitative estimate of drug-likeness (QED) is 0.717. The fourth-order valence-corrected chi connectivity index (χ4v) is 1.80. The lowest BCUT2D eigenvalue weighted by Gasteiger charge is -1.96. The molecule has 0 aliphatic carbocycles. The van der Waals surface area contributed by atoms with Crippen LogP contribution in [0.3, 0.4) is 0 Å². The molecule has 0 fully saturated rings. The van der Waals surface area contributed by atoms with Crippen LogP contribution in [0, 0.1) is 0 Å². The van der Waals surface area contributed by atoms with Gasteiger partial charge in [-0.1, -0.05) is 0 Å². The second-order valence-electron chi connectivity index (χ2n) is 2.22. The van der Waals surface area contributed by atoms with Crippen LogP contribution in [0.4, 0.5) is 0 Å². The Morgan fingerprint density at radius 2 is 2.23 bits per heavy atom. The zero-order valence-electron chi connectivity index (χ0n) is 6.43. The van der Waals surface area contributed by atoms with Gasteiger partial charge in [-0.2, -0.15) is 5.10 Å². The van der Waals surface area contributed by atoms with E-state index in [0.717, 1.165) is 10.9 Å². The van der Waals surface area contributed by atoms with Crippen molar-refractivity contribution >= 4 is 25.7 Å². The number of hydrogen-bond acceptors (Lipinski definition) is 4. The Labute approximate surface area is 78.2 Å². The lowest BCUT2D eigenvalue weighted by Crippen LogP contribution is -2.09. The molecule has 0 saturated heterocycles. The topological polar surface area (TPSA) is 89.3 Å². The third-order valence-corrected chi connectivity index (χ3v) is 2.69. The van der Waals surface area contributed by atoms with Gasteiger partial charge in [-0.15, -0.1) is 0 Å². The number of nitrogens with zero attached hydrogens (tertiary/aromatic N) is 2. The molecule has 6 nitrogen and oxygen atoms in total. The lowest BCUT2D eigenvalue weighted by molar-refractivity contribution is 0.0680. The predicted octanol–water partition coefficient (Wildman–Crippen LogP) is 0.0458. The van der Waals surface area contributed by atoms with Crippen LogP contribution < -0.4 is 0 Å². The highest BCUT2D eigenvalue weighted by atomic mass is 35.7. The summed E-state index contributed by atoms with van der Waals surface area (Å²) in [6, 6.07) is 0. The SMILES string of the molecule is Cn1ncc(S(=O)(=O)Cl)c1C(=O)O. The summed E-state index contributed by atoms with van der Waals surface area (Å²) in [5.74, 6) is -1.39. The van der Waals surface area contributed by atoms with E-state index in [1.165, 1.54) is 7.05 Å². The number of aromatic carboxylic acids is 1. The molecule has 0 aliphatic heterocycles. The second kappa shape index (κ2) is 3.00. The van der Waals surface area contributed by atoms with Gasteiger partial charge in [-0.25, -0.2) is 13.2 Å². The molecule has 0 aromatic carbocycles. The van der Waals surface area contributed by atoms with Gasteiger partial charge in [0.25, 0.3) is 9.05 Å². The molecule has 0 saturated carbocycles. The summed E-state index contributed by atoms with van der Waals surface area (Å²) >= 11 is 0. The van der Waals surface area contributed by atoms with E-state index in [-0.39, 0.29) is 0 Å². The molecule has 0 spiro atoms. The number of carbonyl (C=O) groups is 1. The van der Waals surface area contributed by atoms with Crippen molar-refractivity contribution in [1.29, 1.82) is 0 Å². The van der Waals surface area contributed by atoms with Crippen LogP contribution in [-0.4, -0.2) is 29.3 Å². The maximum absolute atomic E-state index is 10.8. The molecule has 0 unspecified atom stereocenters. The molecule has 0 amide bonds. The standard InChI is InChI=1S/C5H5ClN2O4S/c1-8-4(5(9)10)3(2-7-8)13(6,11)12/h2H,1H3,(H,9,10). The summed E-state index contributed by atoms with van der Waals surface area (Å²) < 4.78 is 22.6. The van der Waals surface area contributed by atoms with Crippen LogP contribution in [0.2, 0.25) is 0 Å². The van der Waals surface area contributed by atoms with Crippen LogP contribution in [0.25, 0.3) is 0 Å². The molecule has 1 rings (SSSR count). The molecule has 1 heterocycles. The summed E-state index contributed by atoms with van der Waals surface area (Å²) in [4.78, 5) is 10.1. The first kappa shape index (κ1) is 10.0. The average Bonchev–Trinajstić information content (AvgIpc) is 2.28. The second-order valence-corrected chi connectivity index (χ2v) is 4.76. The van der Waals surface area contributed by atoms with Gasteiger partial charge in [0.2, 0.25) is 0 Å². The number of hydrogen-bond donors (Lipinski definition) is 1. The van der Waals surface area contributed by atoms with E-state index in [0.29, 0.717) is 0 Å². The lowest BCUT2D eigenvalue weighted by atomic mass is 10.4. The molecule has 1 N–H and O–H groups in total. The van der Waals surface area contributed by atoms with Crippen molar-refractivity contribution in [2.45, 2.75) is 4.90 Å². The third kappa shape index (κ3) is 1.81. The van der Waals surface area contributed by atoms with E-state index in [2.05, 4.69) is 5.10 Å². The van der Waals surface area contributed by atoms with Crippen molar-refractivity contribution in [3.63, 3.8) is 0 Å². The molecular formula is C5H5ClN2O4S. The van der Waals surface area contributed by atoms with E-state index < -0.39 is 25.6 Å². The fourth-order valence-electron chi connectivity index (χ4n) is 0.840. The van der Waals surface area contributed by atoms with Gasteiger partial charge in [0.1, 0.15) is 4.90 Å². The van der Waals surface area contributed by atoms with Crippen LogP contribution in [0.5, 0.6) is 0 Å². The van der Waals surface area contributed by atoms with E-state index in [9.17, 15) is 13.2 Å². The van der Waals surface area contributed by atoms with Gasteiger partial charge in [-0.3, -0.25) is 4.68 Å². The molecule has 0 aliphatic rings. The molecular weight excluding hydrogens is 220 g/mol. The zero-order valence-corrected chi connectivity index (χ0v) is 8.00. The zero-order chi connectivity index (χ0) is 10.2. The largest absolute Gasteiger partial charge is 0.476 e. The van der Waals surface area contributed by atoms with Gasteiger partial charge >= 0.3 is 5.97 Å². The Balaban J connectivity index is 3.49. The number of carboxylic acid groups (broad SMARTS) is 1. The Morgan fingerprint density at radius 1 is 1.69 bits per heavy atom. The summed E-state index contributed by atoms with van der Waals surface area (Å²) in [6.07, 6.45) is 0.895. The minimum atomic E-state index is -4.05. The molecule has 13 heavy (non-hydrogen) atoms. The number of rotatable bonds is 2.